The number of rotatable bonds is 4. The van der Waals surface area contributed by atoms with Crippen molar-refractivity contribution in [3.63, 3.8) is 0 Å². The van der Waals surface area contributed by atoms with E-state index in [1.54, 1.807) is 30.3 Å². The lowest BCUT2D eigenvalue weighted by atomic mass is 10.2. The summed E-state index contributed by atoms with van der Waals surface area (Å²) in [7, 11) is -3.28. The number of aryl methyl sites for hydroxylation is 1. The lowest BCUT2D eigenvalue weighted by Gasteiger charge is -2.08. The van der Waals surface area contributed by atoms with Gasteiger partial charge in [0.15, 0.2) is 9.84 Å². The fourth-order valence-corrected chi connectivity index (χ4v) is 2.74. The number of hydrogen-bond donors (Lipinski definition) is 1. The quantitative estimate of drug-likeness (QED) is 0.920. The van der Waals surface area contributed by atoms with E-state index in [0.717, 1.165) is 11.3 Å². The van der Waals surface area contributed by atoms with Gasteiger partial charge in [-0.15, -0.1) is 0 Å². The van der Waals surface area contributed by atoms with Gasteiger partial charge in [-0.2, -0.15) is 0 Å². The first-order valence-electron chi connectivity index (χ1n) is 5.66. The molecule has 0 aliphatic rings. The summed E-state index contributed by atoms with van der Waals surface area (Å²) in [6.45, 7) is 1.97. The molecule has 0 bridgehead atoms. The van der Waals surface area contributed by atoms with Gasteiger partial charge in [-0.3, -0.25) is 0 Å². The van der Waals surface area contributed by atoms with E-state index in [2.05, 4.69) is 5.32 Å². The normalized spacial score (nSPS) is 11.2. The Kier molecular flexibility index (Phi) is 3.67. The average Bonchev–Trinajstić information content (AvgIpc) is 2.38. The van der Waals surface area contributed by atoms with Gasteiger partial charge in [0.25, 0.3) is 0 Å². The Morgan fingerprint density at radius 1 is 1.00 bits per heavy atom. The second kappa shape index (κ2) is 5.23. The summed E-state index contributed by atoms with van der Waals surface area (Å²) in [5.74, 6) is -0.0968. The van der Waals surface area contributed by atoms with Crippen LogP contribution in [0.25, 0.3) is 0 Å². The van der Waals surface area contributed by atoms with Crippen molar-refractivity contribution in [3.8, 4) is 0 Å². The fourth-order valence-electron chi connectivity index (χ4n) is 1.64. The van der Waals surface area contributed by atoms with Crippen molar-refractivity contribution in [2.45, 2.75) is 11.8 Å². The molecule has 0 saturated carbocycles. The largest absolute Gasteiger partial charge is 0.371 e. The van der Waals surface area contributed by atoms with E-state index in [1.165, 1.54) is 0 Å². The predicted octanol–water partition coefficient (Wildman–Crippen LogP) is 2.84. The average molecular weight is 261 g/mol. The highest BCUT2D eigenvalue weighted by molar-refractivity contribution is 7.91. The third kappa shape index (κ3) is 3.11. The van der Waals surface area contributed by atoms with Gasteiger partial charge in [-0.25, -0.2) is 8.42 Å². The molecule has 0 saturated heterocycles. The van der Waals surface area contributed by atoms with E-state index < -0.39 is 9.84 Å². The molecule has 0 heterocycles. The standard InChI is InChI=1S/C14H15NO2S/c1-12-6-5-7-13(10-12)15-11-18(16,17)14-8-3-2-4-9-14/h2-10,15H,11H2,1H3. The van der Waals surface area contributed by atoms with Gasteiger partial charge in [0, 0.05) is 5.69 Å². The van der Waals surface area contributed by atoms with Crippen molar-refractivity contribution in [1.29, 1.82) is 0 Å². The van der Waals surface area contributed by atoms with Gasteiger partial charge in [0.2, 0.25) is 0 Å². The minimum Gasteiger partial charge on any atom is -0.371 e. The molecular weight excluding hydrogens is 246 g/mol. The minimum atomic E-state index is -3.28. The lowest BCUT2D eigenvalue weighted by Crippen LogP contribution is -2.14. The predicted molar refractivity (Wildman–Crippen MR) is 73.3 cm³/mol. The summed E-state index contributed by atoms with van der Waals surface area (Å²) in [4.78, 5) is 0.338. The Bertz CT molecular complexity index is 621. The van der Waals surface area contributed by atoms with Gasteiger partial charge in [-0.05, 0) is 36.8 Å². The van der Waals surface area contributed by atoms with E-state index in [0.29, 0.717) is 4.90 Å². The molecule has 0 aliphatic heterocycles. The Labute approximate surface area is 107 Å². The molecule has 0 fully saturated rings. The van der Waals surface area contributed by atoms with Crippen LogP contribution in [0.5, 0.6) is 0 Å². The molecule has 1 N–H and O–H groups in total. The van der Waals surface area contributed by atoms with Crippen LogP contribution in [-0.4, -0.2) is 14.3 Å². The number of benzene rings is 2. The Hall–Kier alpha value is -1.81. The summed E-state index contributed by atoms with van der Waals surface area (Å²) < 4.78 is 24.1. The minimum absolute atomic E-state index is 0.0968. The van der Waals surface area contributed by atoms with Crippen molar-refractivity contribution < 1.29 is 8.42 Å². The zero-order chi connectivity index (χ0) is 13.0. The van der Waals surface area contributed by atoms with Crippen LogP contribution in [-0.2, 0) is 9.84 Å². The molecule has 0 aliphatic carbocycles. The molecule has 18 heavy (non-hydrogen) atoms. The molecule has 0 aromatic heterocycles. The van der Waals surface area contributed by atoms with Crippen LogP contribution in [0.3, 0.4) is 0 Å². The van der Waals surface area contributed by atoms with E-state index in [1.807, 2.05) is 31.2 Å². The first kappa shape index (κ1) is 12.6. The van der Waals surface area contributed by atoms with Crippen LogP contribution < -0.4 is 5.32 Å². The summed E-state index contributed by atoms with van der Waals surface area (Å²) in [6.07, 6.45) is 0. The molecule has 0 radical (unpaired) electrons. The maximum atomic E-state index is 12.0. The second-order valence-corrected chi connectivity index (χ2v) is 6.11. The Morgan fingerprint density at radius 3 is 2.39 bits per heavy atom. The molecule has 2 aromatic rings. The molecule has 2 aromatic carbocycles. The van der Waals surface area contributed by atoms with E-state index in [4.69, 9.17) is 0 Å². The SMILES string of the molecule is Cc1cccc(NCS(=O)(=O)c2ccccc2)c1. The molecule has 3 nitrogen and oxygen atoms in total. The zero-order valence-electron chi connectivity index (χ0n) is 10.1. The van der Waals surface area contributed by atoms with Crippen LogP contribution in [0.15, 0.2) is 59.5 Å². The number of hydrogen-bond acceptors (Lipinski definition) is 3. The zero-order valence-corrected chi connectivity index (χ0v) is 10.9. The van der Waals surface area contributed by atoms with E-state index in [9.17, 15) is 8.42 Å². The van der Waals surface area contributed by atoms with Crippen LogP contribution in [0.1, 0.15) is 5.56 Å². The Balaban J connectivity index is 2.11. The second-order valence-electron chi connectivity index (χ2n) is 4.12. The molecule has 2 rings (SSSR count). The number of nitrogens with one attached hydrogen (secondary N) is 1. The third-order valence-corrected chi connectivity index (χ3v) is 4.10. The molecular formula is C14H15NO2S. The summed E-state index contributed by atoms with van der Waals surface area (Å²) in [5, 5.41) is 2.94. The van der Waals surface area contributed by atoms with Gasteiger partial charge in [0.1, 0.15) is 5.88 Å². The molecule has 94 valence electrons. The van der Waals surface area contributed by atoms with Gasteiger partial charge >= 0.3 is 0 Å². The van der Waals surface area contributed by atoms with Gasteiger partial charge < -0.3 is 5.32 Å². The smallest absolute Gasteiger partial charge is 0.196 e. The number of sulfone groups is 1. The van der Waals surface area contributed by atoms with Crippen molar-refractivity contribution in [2.75, 3.05) is 11.2 Å². The first-order chi connectivity index (χ1) is 8.58. The van der Waals surface area contributed by atoms with Crippen LogP contribution >= 0.6 is 0 Å². The fraction of sp³-hybridized carbons (Fsp3) is 0.143. The van der Waals surface area contributed by atoms with Crippen LogP contribution in [0, 0.1) is 6.92 Å². The van der Waals surface area contributed by atoms with Crippen molar-refractivity contribution >= 4 is 15.5 Å². The maximum absolute atomic E-state index is 12.0. The first-order valence-corrected chi connectivity index (χ1v) is 7.31. The van der Waals surface area contributed by atoms with E-state index >= 15 is 0 Å². The molecule has 4 heteroatoms. The van der Waals surface area contributed by atoms with Crippen molar-refractivity contribution in [1.82, 2.24) is 0 Å². The van der Waals surface area contributed by atoms with E-state index in [-0.39, 0.29) is 5.88 Å². The van der Waals surface area contributed by atoms with Gasteiger partial charge in [-0.1, -0.05) is 30.3 Å². The molecule has 0 unspecified atom stereocenters. The molecule has 0 atom stereocenters. The summed E-state index contributed by atoms with van der Waals surface area (Å²) in [6, 6.07) is 16.1. The number of anilines is 1. The summed E-state index contributed by atoms with van der Waals surface area (Å²) >= 11 is 0. The van der Waals surface area contributed by atoms with Gasteiger partial charge in [0.05, 0.1) is 4.90 Å². The summed E-state index contributed by atoms with van der Waals surface area (Å²) in [5.41, 5.74) is 1.91. The monoisotopic (exact) mass is 261 g/mol. The van der Waals surface area contributed by atoms with Crippen LogP contribution in [0.2, 0.25) is 0 Å². The lowest BCUT2D eigenvalue weighted by molar-refractivity contribution is 0.598. The molecule has 0 amide bonds. The highest BCUT2D eigenvalue weighted by Crippen LogP contribution is 2.13. The highest BCUT2D eigenvalue weighted by Gasteiger charge is 2.12. The molecule has 0 spiro atoms. The van der Waals surface area contributed by atoms with Crippen LogP contribution in [0.4, 0.5) is 5.69 Å². The maximum Gasteiger partial charge on any atom is 0.196 e. The Morgan fingerprint density at radius 2 is 1.72 bits per heavy atom. The topological polar surface area (TPSA) is 46.2 Å². The van der Waals surface area contributed by atoms with Crippen molar-refractivity contribution in [2.24, 2.45) is 0 Å². The third-order valence-electron chi connectivity index (χ3n) is 2.59. The van der Waals surface area contributed by atoms with Crippen molar-refractivity contribution in [3.05, 3.63) is 60.2 Å². The highest BCUT2D eigenvalue weighted by atomic mass is 32.2.